The van der Waals surface area contributed by atoms with Gasteiger partial charge in [0, 0.05) is 13.6 Å². The van der Waals surface area contributed by atoms with Crippen LogP contribution in [0.15, 0.2) is 0 Å². The number of aliphatic hydroxyl groups is 2. The Labute approximate surface area is 109 Å². The van der Waals surface area contributed by atoms with Crippen LogP contribution < -0.4 is 16.0 Å². The predicted molar refractivity (Wildman–Crippen MR) is 70.9 cm³/mol. The Kier molecular flexibility index (Phi) is 5.32. The predicted octanol–water partition coefficient (Wildman–Crippen LogP) is -0.736. The van der Waals surface area contributed by atoms with Crippen molar-refractivity contribution in [3.63, 3.8) is 0 Å². The number of carbonyl (C=O) groups is 1. The van der Waals surface area contributed by atoms with E-state index >= 15 is 0 Å². The molecule has 7 nitrogen and oxygen atoms in total. The second kappa shape index (κ2) is 6.53. The molecule has 0 saturated heterocycles. The summed E-state index contributed by atoms with van der Waals surface area (Å²) in [6, 6.07) is -0.689. The van der Waals surface area contributed by atoms with Gasteiger partial charge in [-0.1, -0.05) is 11.3 Å². The van der Waals surface area contributed by atoms with Crippen molar-refractivity contribution in [1.82, 2.24) is 10.3 Å². The van der Waals surface area contributed by atoms with Crippen molar-refractivity contribution in [2.45, 2.75) is 13.0 Å². The molecule has 1 amide bonds. The molecule has 0 fully saturated rings. The topological polar surface area (TPSA) is 112 Å². The number of rotatable bonds is 6. The third kappa shape index (κ3) is 3.31. The van der Waals surface area contributed by atoms with Gasteiger partial charge in [0.2, 0.25) is 0 Å². The van der Waals surface area contributed by atoms with Gasteiger partial charge in [0.05, 0.1) is 19.3 Å². The molecule has 1 aromatic rings. The Morgan fingerprint density at radius 3 is 2.67 bits per heavy atom. The molecule has 0 radical (unpaired) electrons. The van der Waals surface area contributed by atoms with Crippen LogP contribution in [0.3, 0.4) is 0 Å². The van der Waals surface area contributed by atoms with Crippen molar-refractivity contribution in [2.75, 3.05) is 37.4 Å². The Morgan fingerprint density at radius 1 is 1.56 bits per heavy atom. The molecule has 0 aliphatic carbocycles. The maximum atomic E-state index is 11.9. The maximum Gasteiger partial charge on any atom is 0.265 e. The van der Waals surface area contributed by atoms with E-state index in [0.717, 1.165) is 6.54 Å². The van der Waals surface area contributed by atoms with Crippen molar-refractivity contribution in [3.05, 3.63) is 4.88 Å². The van der Waals surface area contributed by atoms with Crippen molar-refractivity contribution in [3.8, 4) is 0 Å². The van der Waals surface area contributed by atoms with Gasteiger partial charge in [0.1, 0.15) is 10.7 Å². The van der Waals surface area contributed by atoms with E-state index in [4.69, 9.17) is 15.9 Å². The van der Waals surface area contributed by atoms with Crippen LogP contribution in [0.1, 0.15) is 16.6 Å². The standard InChI is InChI=1S/C10H18N4O3S/c1-3-14(2)10-13-8(11)7(18-10)9(17)12-6(4-15)5-16/h6,15-16H,3-5,11H2,1-2H3,(H,12,17). The van der Waals surface area contributed by atoms with Gasteiger partial charge in [-0.15, -0.1) is 0 Å². The zero-order valence-corrected chi connectivity index (χ0v) is 11.2. The van der Waals surface area contributed by atoms with Crippen LogP contribution in [0.5, 0.6) is 0 Å². The first-order chi connectivity index (χ1) is 8.53. The number of hydrogen-bond donors (Lipinski definition) is 4. The molecule has 0 aliphatic heterocycles. The van der Waals surface area contributed by atoms with E-state index < -0.39 is 11.9 Å². The molecular weight excluding hydrogens is 256 g/mol. The number of nitrogens with zero attached hydrogens (tertiary/aromatic N) is 2. The van der Waals surface area contributed by atoms with E-state index in [1.807, 2.05) is 18.9 Å². The summed E-state index contributed by atoms with van der Waals surface area (Å²) >= 11 is 1.18. The number of nitrogen functional groups attached to an aromatic ring is 1. The number of aliphatic hydroxyl groups excluding tert-OH is 2. The van der Waals surface area contributed by atoms with Crippen LogP contribution >= 0.6 is 11.3 Å². The summed E-state index contributed by atoms with van der Waals surface area (Å²) in [5.74, 6) is -0.281. The van der Waals surface area contributed by atoms with Crippen LogP contribution in [-0.2, 0) is 0 Å². The largest absolute Gasteiger partial charge is 0.394 e. The summed E-state index contributed by atoms with van der Waals surface area (Å²) in [6.45, 7) is 2.06. The molecule has 0 aliphatic rings. The number of carbonyl (C=O) groups excluding carboxylic acids is 1. The molecule has 1 heterocycles. The molecule has 0 aromatic carbocycles. The highest BCUT2D eigenvalue weighted by molar-refractivity contribution is 7.18. The van der Waals surface area contributed by atoms with E-state index in [0.29, 0.717) is 5.13 Å². The molecule has 0 saturated carbocycles. The van der Waals surface area contributed by atoms with Gasteiger partial charge < -0.3 is 26.2 Å². The van der Waals surface area contributed by atoms with E-state index in [9.17, 15) is 4.79 Å². The minimum absolute atomic E-state index is 0.155. The number of amides is 1. The lowest BCUT2D eigenvalue weighted by molar-refractivity contribution is 0.0884. The molecule has 102 valence electrons. The van der Waals surface area contributed by atoms with E-state index in [2.05, 4.69) is 10.3 Å². The first-order valence-electron chi connectivity index (χ1n) is 5.53. The highest BCUT2D eigenvalue weighted by atomic mass is 32.1. The first kappa shape index (κ1) is 14.7. The summed E-state index contributed by atoms with van der Waals surface area (Å²) in [7, 11) is 1.85. The third-order valence-electron chi connectivity index (χ3n) is 2.43. The molecule has 8 heteroatoms. The number of nitrogens with two attached hydrogens (primary N) is 1. The normalized spacial score (nSPS) is 10.7. The molecule has 0 atom stereocenters. The average Bonchev–Trinajstić information content (AvgIpc) is 2.76. The number of nitrogens with one attached hydrogen (secondary N) is 1. The number of hydrogen-bond acceptors (Lipinski definition) is 7. The molecule has 18 heavy (non-hydrogen) atoms. The van der Waals surface area contributed by atoms with Crippen molar-refractivity contribution in [2.24, 2.45) is 0 Å². The van der Waals surface area contributed by atoms with Crippen molar-refractivity contribution >= 4 is 28.2 Å². The van der Waals surface area contributed by atoms with Crippen molar-refractivity contribution < 1.29 is 15.0 Å². The second-order valence-electron chi connectivity index (χ2n) is 3.76. The van der Waals surface area contributed by atoms with Gasteiger partial charge in [0.15, 0.2) is 5.13 Å². The smallest absolute Gasteiger partial charge is 0.265 e. The van der Waals surface area contributed by atoms with Crippen LogP contribution in [-0.4, -0.2) is 54.0 Å². The lowest BCUT2D eigenvalue weighted by atomic mass is 10.3. The molecular formula is C10H18N4O3S. The third-order valence-corrected chi connectivity index (χ3v) is 3.61. The molecule has 5 N–H and O–H groups in total. The molecule has 0 spiro atoms. The van der Waals surface area contributed by atoms with Crippen molar-refractivity contribution in [1.29, 1.82) is 0 Å². The van der Waals surface area contributed by atoms with Crippen LogP contribution in [0, 0.1) is 0 Å². The Hall–Kier alpha value is -1.38. The molecule has 1 rings (SSSR count). The lowest BCUT2D eigenvalue weighted by Crippen LogP contribution is -2.40. The van der Waals surface area contributed by atoms with Gasteiger partial charge in [0.25, 0.3) is 5.91 Å². The second-order valence-corrected chi connectivity index (χ2v) is 4.74. The fourth-order valence-corrected chi connectivity index (χ4v) is 2.09. The van der Waals surface area contributed by atoms with Gasteiger partial charge in [-0.3, -0.25) is 4.79 Å². The maximum absolute atomic E-state index is 11.9. The summed E-state index contributed by atoms with van der Waals surface area (Å²) in [4.78, 5) is 18.1. The summed E-state index contributed by atoms with van der Waals surface area (Å²) < 4.78 is 0. The quantitative estimate of drug-likeness (QED) is 0.544. The number of aromatic nitrogens is 1. The first-order valence-corrected chi connectivity index (χ1v) is 6.35. The van der Waals surface area contributed by atoms with Gasteiger partial charge in [-0.05, 0) is 6.92 Å². The zero-order valence-electron chi connectivity index (χ0n) is 10.4. The van der Waals surface area contributed by atoms with E-state index in [-0.39, 0.29) is 23.9 Å². The summed E-state index contributed by atoms with van der Waals surface area (Å²) in [6.07, 6.45) is 0. The minimum atomic E-state index is -0.689. The zero-order chi connectivity index (χ0) is 13.7. The van der Waals surface area contributed by atoms with Gasteiger partial charge in [-0.2, -0.15) is 0 Å². The summed E-state index contributed by atoms with van der Waals surface area (Å²) in [5, 5.41) is 20.9. The molecule has 0 unspecified atom stereocenters. The highest BCUT2D eigenvalue weighted by Crippen LogP contribution is 2.27. The number of anilines is 2. The average molecular weight is 274 g/mol. The van der Waals surface area contributed by atoms with Crippen LogP contribution in [0.2, 0.25) is 0 Å². The molecule has 1 aromatic heterocycles. The Balaban J connectivity index is 2.83. The highest BCUT2D eigenvalue weighted by Gasteiger charge is 2.19. The van der Waals surface area contributed by atoms with E-state index in [1.54, 1.807) is 0 Å². The minimum Gasteiger partial charge on any atom is -0.394 e. The van der Waals surface area contributed by atoms with Crippen LogP contribution in [0.25, 0.3) is 0 Å². The fourth-order valence-electron chi connectivity index (χ4n) is 1.18. The number of thiazole rings is 1. The summed E-state index contributed by atoms with van der Waals surface area (Å²) in [5.41, 5.74) is 5.68. The SMILES string of the molecule is CCN(C)c1nc(N)c(C(=O)NC(CO)CO)s1. The Morgan fingerprint density at radius 2 is 2.17 bits per heavy atom. The molecule has 0 bridgehead atoms. The Bertz CT molecular complexity index is 406. The van der Waals surface area contributed by atoms with Gasteiger partial charge >= 0.3 is 0 Å². The van der Waals surface area contributed by atoms with Crippen LogP contribution in [0.4, 0.5) is 10.9 Å². The van der Waals surface area contributed by atoms with E-state index in [1.165, 1.54) is 11.3 Å². The van der Waals surface area contributed by atoms with Gasteiger partial charge in [-0.25, -0.2) is 4.98 Å². The lowest BCUT2D eigenvalue weighted by Gasteiger charge is -2.12. The monoisotopic (exact) mass is 274 g/mol. The fraction of sp³-hybridized carbons (Fsp3) is 0.600.